The number of likely N-dealkylation sites (tertiary alicyclic amines) is 1. The highest BCUT2D eigenvalue weighted by Crippen LogP contribution is 2.25. The van der Waals surface area contributed by atoms with Gasteiger partial charge in [0.25, 0.3) is 0 Å². The number of halogens is 2. The number of carbonyl (C=O) groups excluding carboxylic acids is 2. The summed E-state index contributed by atoms with van der Waals surface area (Å²) in [6, 6.07) is 3.13. The lowest BCUT2D eigenvalue weighted by atomic mass is 9.94. The first-order valence-electron chi connectivity index (χ1n) is 8.95. The highest BCUT2D eigenvalue weighted by Gasteiger charge is 2.30. The number of piperidine rings is 1. The highest BCUT2D eigenvalue weighted by molar-refractivity contribution is 6.30. The van der Waals surface area contributed by atoms with Crippen molar-refractivity contribution in [3.05, 3.63) is 34.6 Å². The van der Waals surface area contributed by atoms with Gasteiger partial charge in [0, 0.05) is 24.9 Å². The molecule has 0 bridgehead atoms. The molecule has 2 rings (SSSR count). The van der Waals surface area contributed by atoms with Crippen molar-refractivity contribution in [1.29, 1.82) is 0 Å². The first kappa shape index (κ1) is 21.2. The maximum atomic E-state index is 13.7. The quantitative estimate of drug-likeness (QED) is 0.771. The molecule has 1 aliphatic heterocycles. The zero-order valence-electron chi connectivity index (χ0n) is 15.4. The van der Waals surface area contributed by atoms with E-state index in [4.69, 9.17) is 16.7 Å². The molecule has 27 heavy (non-hydrogen) atoms. The van der Waals surface area contributed by atoms with Crippen molar-refractivity contribution in [3.8, 4) is 0 Å². The Morgan fingerprint density at radius 3 is 2.44 bits per heavy atom. The highest BCUT2D eigenvalue weighted by atomic mass is 35.5. The van der Waals surface area contributed by atoms with E-state index in [9.17, 15) is 18.8 Å². The average Bonchev–Trinajstić information content (AvgIpc) is 2.62. The van der Waals surface area contributed by atoms with Crippen LogP contribution in [0.3, 0.4) is 0 Å². The molecule has 1 aromatic carbocycles. The standard InChI is InChI=1S/C19H24ClFN2O4/c1-11(2)19(27)23-7-5-12(6-8-23)18(26)22-16(10-17(24)25)13-3-4-14(20)15(21)9-13/h3-4,9,11-12,16H,5-8,10H2,1-2H3,(H,22,26)(H,24,25). The molecule has 1 aromatic rings. The molecule has 0 saturated carbocycles. The molecule has 0 radical (unpaired) electrons. The minimum atomic E-state index is -1.10. The van der Waals surface area contributed by atoms with Crippen LogP contribution < -0.4 is 5.32 Å². The number of hydrogen-bond acceptors (Lipinski definition) is 3. The third-order valence-electron chi connectivity index (χ3n) is 4.71. The van der Waals surface area contributed by atoms with E-state index in [0.29, 0.717) is 31.5 Å². The number of nitrogens with one attached hydrogen (secondary N) is 1. The van der Waals surface area contributed by atoms with Gasteiger partial charge in [-0.05, 0) is 30.5 Å². The molecule has 1 fully saturated rings. The molecule has 2 amide bonds. The van der Waals surface area contributed by atoms with E-state index in [1.807, 2.05) is 13.8 Å². The molecule has 2 N–H and O–H groups in total. The van der Waals surface area contributed by atoms with E-state index >= 15 is 0 Å². The zero-order chi connectivity index (χ0) is 20.1. The summed E-state index contributed by atoms with van der Waals surface area (Å²) in [6.45, 7) is 4.66. The van der Waals surface area contributed by atoms with Crippen molar-refractivity contribution in [2.45, 2.75) is 39.2 Å². The van der Waals surface area contributed by atoms with Gasteiger partial charge >= 0.3 is 5.97 Å². The van der Waals surface area contributed by atoms with E-state index in [0.717, 1.165) is 6.07 Å². The molecule has 0 aliphatic carbocycles. The lowest BCUT2D eigenvalue weighted by Crippen LogP contribution is -2.45. The van der Waals surface area contributed by atoms with Crippen LogP contribution in [0.5, 0.6) is 0 Å². The summed E-state index contributed by atoms with van der Waals surface area (Å²) in [4.78, 5) is 37.5. The third-order valence-corrected chi connectivity index (χ3v) is 5.02. The van der Waals surface area contributed by atoms with Gasteiger partial charge in [0.15, 0.2) is 0 Å². The Morgan fingerprint density at radius 1 is 1.30 bits per heavy atom. The minimum Gasteiger partial charge on any atom is -0.481 e. The Morgan fingerprint density at radius 2 is 1.93 bits per heavy atom. The fraction of sp³-hybridized carbons (Fsp3) is 0.526. The van der Waals surface area contributed by atoms with Gasteiger partial charge in [-0.2, -0.15) is 0 Å². The molecule has 1 heterocycles. The minimum absolute atomic E-state index is 0.0641. The summed E-state index contributed by atoms with van der Waals surface area (Å²) in [5.74, 6) is -2.39. The number of aliphatic carboxylic acids is 1. The Bertz CT molecular complexity index is 718. The van der Waals surface area contributed by atoms with Crippen LogP contribution in [0.1, 0.15) is 44.7 Å². The first-order chi connectivity index (χ1) is 12.7. The van der Waals surface area contributed by atoms with Gasteiger partial charge in [-0.3, -0.25) is 14.4 Å². The number of carboxylic acids is 1. The summed E-state index contributed by atoms with van der Waals surface area (Å²) >= 11 is 5.67. The van der Waals surface area contributed by atoms with Crippen molar-refractivity contribution in [2.75, 3.05) is 13.1 Å². The second-order valence-electron chi connectivity index (χ2n) is 7.09. The van der Waals surface area contributed by atoms with Crippen molar-refractivity contribution in [1.82, 2.24) is 10.2 Å². The van der Waals surface area contributed by atoms with E-state index < -0.39 is 17.8 Å². The van der Waals surface area contributed by atoms with Crippen LogP contribution in [0.15, 0.2) is 18.2 Å². The van der Waals surface area contributed by atoms with Crippen LogP contribution in [0.4, 0.5) is 4.39 Å². The lowest BCUT2D eigenvalue weighted by Gasteiger charge is -2.33. The average molecular weight is 399 g/mol. The monoisotopic (exact) mass is 398 g/mol. The van der Waals surface area contributed by atoms with Crippen LogP contribution in [0.2, 0.25) is 5.02 Å². The zero-order valence-corrected chi connectivity index (χ0v) is 16.1. The fourth-order valence-corrected chi connectivity index (χ4v) is 3.29. The molecule has 148 valence electrons. The molecule has 8 heteroatoms. The van der Waals surface area contributed by atoms with Gasteiger partial charge in [0.1, 0.15) is 5.82 Å². The van der Waals surface area contributed by atoms with Crippen LogP contribution in [0, 0.1) is 17.7 Å². The summed E-state index contributed by atoms with van der Waals surface area (Å²) < 4.78 is 13.7. The van der Waals surface area contributed by atoms with Gasteiger partial charge in [-0.1, -0.05) is 31.5 Å². The van der Waals surface area contributed by atoms with Crippen molar-refractivity contribution in [2.24, 2.45) is 11.8 Å². The smallest absolute Gasteiger partial charge is 0.305 e. The Hall–Kier alpha value is -2.15. The second-order valence-corrected chi connectivity index (χ2v) is 7.49. The van der Waals surface area contributed by atoms with Gasteiger partial charge in [-0.25, -0.2) is 4.39 Å². The number of nitrogens with zero attached hydrogens (tertiary/aromatic N) is 1. The normalized spacial score (nSPS) is 16.3. The van der Waals surface area contributed by atoms with Gasteiger partial charge in [0.05, 0.1) is 17.5 Å². The SMILES string of the molecule is CC(C)C(=O)N1CCC(C(=O)NC(CC(=O)O)c2ccc(Cl)c(F)c2)CC1. The third kappa shape index (κ3) is 5.66. The van der Waals surface area contributed by atoms with Crippen molar-refractivity contribution < 1.29 is 23.9 Å². The second kappa shape index (κ2) is 9.17. The summed E-state index contributed by atoms with van der Waals surface area (Å²) in [5, 5.41) is 11.8. The van der Waals surface area contributed by atoms with Gasteiger partial charge < -0.3 is 15.3 Å². The maximum absolute atomic E-state index is 13.7. The number of carboxylic acid groups (broad SMARTS) is 1. The first-order valence-corrected chi connectivity index (χ1v) is 9.32. The van der Waals surface area contributed by atoms with Gasteiger partial charge in [-0.15, -0.1) is 0 Å². The Kier molecular flexibility index (Phi) is 7.18. The molecule has 1 saturated heterocycles. The van der Waals surface area contributed by atoms with E-state index in [-0.39, 0.29) is 35.1 Å². The lowest BCUT2D eigenvalue weighted by molar-refractivity contribution is -0.140. The maximum Gasteiger partial charge on any atom is 0.305 e. The number of hydrogen-bond donors (Lipinski definition) is 2. The predicted molar refractivity (Wildman–Crippen MR) is 98.7 cm³/mol. The summed E-state index contributed by atoms with van der Waals surface area (Å²) in [5.41, 5.74) is 0.347. The van der Waals surface area contributed by atoms with E-state index in [1.54, 1.807) is 4.90 Å². The Labute approximate surface area is 162 Å². The van der Waals surface area contributed by atoms with Gasteiger partial charge in [0.2, 0.25) is 11.8 Å². The molecule has 1 unspecified atom stereocenters. The number of amides is 2. The predicted octanol–water partition coefficient (Wildman–Crippen LogP) is 3.01. The molecule has 0 spiro atoms. The summed E-state index contributed by atoms with van der Waals surface area (Å²) in [6.07, 6.45) is 0.662. The van der Waals surface area contributed by atoms with Crippen LogP contribution in [-0.2, 0) is 14.4 Å². The molecule has 6 nitrogen and oxygen atoms in total. The van der Waals surface area contributed by atoms with Crippen LogP contribution in [0.25, 0.3) is 0 Å². The Balaban J connectivity index is 2.03. The van der Waals surface area contributed by atoms with E-state index in [1.165, 1.54) is 12.1 Å². The van der Waals surface area contributed by atoms with Crippen LogP contribution >= 0.6 is 11.6 Å². The van der Waals surface area contributed by atoms with E-state index in [2.05, 4.69) is 5.32 Å². The molecular formula is C19H24ClFN2O4. The fourth-order valence-electron chi connectivity index (χ4n) is 3.17. The number of benzene rings is 1. The summed E-state index contributed by atoms with van der Waals surface area (Å²) in [7, 11) is 0. The molecular weight excluding hydrogens is 375 g/mol. The topological polar surface area (TPSA) is 86.7 Å². The van der Waals surface area contributed by atoms with Crippen molar-refractivity contribution >= 4 is 29.4 Å². The van der Waals surface area contributed by atoms with Crippen molar-refractivity contribution in [3.63, 3.8) is 0 Å². The molecule has 0 aromatic heterocycles. The largest absolute Gasteiger partial charge is 0.481 e. The number of rotatable bonds is 6. The number of carbonyl (C=O) groups is 3. The van der Waals surface area contributed by atoms with Crippen LogP contribution in [-0.4, -0.2) is 40.9 Å². The molecule has 1 aliphatic rings. The molecule has 1 atom stereocenters.